The largest absolute Gasteiger partial charge is 0.374 e. The molecule has 2 rings (SSSR count). The predicted molar refractivity (Wildman–Crippen MR) is 71.7 cm³/mol. The van der Waals surface area contributed by atoms with Crippen molar-refractivity contribution in [2.75, 3.05) is 19.0 Å². The van der Waals surface area contributed by atoms with E-state index < -0.39 is 10.0 Å². The van der Waals surface area contributed by atoms with Gasteiger partial charge in [0.25, 0.3) is 10.0 Å². The second kappa shape index (κ2) is 5.78. The summed E-state index contributed by atoms with van der Waals surface area (Å²) in [4.78, 5) is 3.98. The highest BCUT2D eigenvalue weighted by Gasteiger charge is 2.36. The van der Waals surface area contributed by atoms with E-state index in [1.165, 1.54) is 10.6 Å². The molecule has 1 aliphatic rings. The van der Waals surface area contributed by atoms with Crippen molar-refractivity contribution in [1.29, 1.82) is 0 Å². The minimum absolute atomic E-state index is 0.0800. The van der Waals surface area contributed by atoms with Gasteiger partial charge < -0.3 is 9.30 Å². The van der Waals surface area contributed by atoms with E-state index in [1.807, 2.05) is 13.8 Å². The maximum absolute atomic E-state index is 12.5. The zero-order chi connectivity index (χ0) is 14.0. The molecule has 0 aromatic carbocycles. The van der Waals surface area contributed by atoms with E-state index >= 15 is 0 Å². The molecule has 1 fully saturated rings. The average molecular weight is 308 g/mol. The number of halogens is 1. The predicted octanol–water partition coefficient (Wildman–Crippen LogP) is 0.920. The lowest BCUT2D eigenvalue weighted by atomic mass is 10.2. The summed E-state index contributed by atoms with van der Waals surface area (Å²) in [7, 11) is -3.58. The summed E-state index contributed by atoms with van der Waals surface area (Å²) in [5.74, 6) is 0.280. The fourth-order valence-corrected chi connectivity index (χ4v) is 3.76. The number of ether oxygens (including phenoxy) is 1. The monoisotopic (exact) mass is 307 g/mol. The molecular formula is C11H18ClN3O3S. The van der Waals surface area contributed by atoms with Gasteiger partial charge in [-0.3, -0.25) is 0 Å². The first-order chi connectivity index (χ1) is 8.98. The lowest BCUT2D eigenvalue weighted by molar-refractivity contribution is -0.0152. The van der Waals surface area contributed by atoms with Crippen LogP contribution in [0.15, 0.2) is 17.6 Å². The zero-order valence-electron chi connectivity index (χ0n) is 11.0. The molecule has 0 bridgehead atoms. The molecule has 2 unspecified atom stereocenters. The summed E-state index contributed by atoms with van der Waals surface area (Å²) in [6.45, 7) is 5.06. The van der Waals surface area contributed by atoms with Gasteiger partial charge in [0.15, 0.2) is 5.03 Å². The molecule has 0 amide bonds. The molecule has 0 saturated carbocycles. The van der Waals surface area contributed by atoms with Crippen molar-refractivity contribution in [2.45, 2.75) is 37.6 Å². The topological polar surface area (TPSA) is 64.4 Å². The van der Waals surface area contributed by atoms with Crippen molar-refractivity contribution < 1.29 is 13.2 Å². The van der Waals surface area contributed by atoms with Gasteiger partial charge in [0, 0.05) is 31.2 Å². The van der Waals surface area contributed by atoms with Crippen molar-refractivity contribution >= 4 is 21.6 Å². The highest BCUT2D eigenvalue weighted by molar-refractivity contribution is 7.89. The Labute approximate surface area is 118 Å². The fourth-order valence-electron chi connectivity index (χ4n) is 1.99. The first-order valence-electron chi connectivity index (χ1n) is 6.20. The molecule has 0 spiro atoms. The highest BCUT2D eigenvalue weighted by atomic mass is 35.5. The van der Waals surface area contributed by atoms with Gasteiger partial charge in [-0.15, -0.1) is 11.6 Å². The van der Waals surface area contributed by atoms with Crippen molar-refractivity contribution in [1.82, 2.24) is 13.9 Å². The maximum atomic E-state index is 12.5. The van der Waals surface area contributed by atoms with Crippen LogP contribution in [0, 0.1) is 0 Å². The minimum Gasteiger partial charge on any atom is -0.374 e. The third-order valence-corrected chi connectivity index (χ3v) is 5.38. The van der Waals surface area contributed by atoms with Gasteiger partial charge in [-0.2, -0.15) is 4.31 Å². The Balaban J connectivity index is 2.26. The molecule has 1 aliphatic heterocycles. The number of rotatable bonds is 4. The van der Waals surface area contributed by atoms with Crippen molar-refractivity contribution in [3.05, 3.63) is 12.5 Å². The molecule has 0 aliphatic carbocycles. The lowest BCUT2D eigenvalue weighted by Crippen LogP contribution is -2.51. The molecule has 1 aromatic rings. The smallest absolute Gasteiger partial charge is 0.262 e. The number of nitrogens with zero attached hydrogens (tertiary/aromatic N) is 3. The van der Waals surface area contributed by atoms with Crippen LogP contribution in [-0.4, -0.2) is 53.5 Å². The number of alkyl halides is 1. The number of imidazole rings is 1. The minimum atomic E-state index is -3.58. The van der Waals surface area contributed by atoms with Crippen molar-refractivity contribution in [3.63, 3.8) is 0 Å². The van der Waals surface area contributed by atoms with E-state index in [4.69, 9.17) is 16.3 Å². The third kappa shape index (κ3) is 2.94. The van der Waals surface area contributed by atoms with E-state index in [0.29, 0.717) is 13.2 Å². The quantitative estimate of drug-likeness (QED) is 0.776. The number of hydrogen-bond acceptors (Lipinski definition) is 4. The Kier molecular flexibility index (Phi) is 4.50. The van der Waals surface area contributed by atoms with E-state index in [2.05, 4.69) is 4.98 Å². The van der Waals surface area contributed by atoms with Gasteiger partial charge in [0.2, 0.25) is 0 Å². The van der Waals surface area contributed by atoms with E-state index in [1.54, 1.807) is 10.8 Å². The number of hydrogen-bond donors (Lipinski definition) is 0. The number of morpholine rings is 1. The highest BCUT2D eigenvalue weighted by Crippen LogP contribution is 2.21. The van der Waals surface area contributed by atoms with Crippen LogP contribution < -0.4 is 0 Å². The summed E-state index contributed by atoms with van der Waals surface area (Å²) in [5.41, 5.74) is 0. The Morgan fingerprint density at radius 1 is 1.58 bits per heavy atom. The van der Waals surface area contributed by atoms with Crippen LogP contribution in [-0.2, 0) is 21.3 Å². The van der Waals surface area contributed by atoms with Crippen LogP contribution >= 0.6 is 11.6 Å². The van der Waals surface area contributed by atoms with E-state index in [-0.39, 0.29) is 29.6 Å². The zero-order valence-corrected chi connectivity index (χ0v) is 12.6. The summed E-state index contributed by atoms with van der Waals surface area (Å²) in [6.07, 6.45) is 2.81. The standard InChI is InChI=1S/C11H18ClN3O3S/c1-3-14-6-11(13-8-14)19(16,17)15-5-10(4-12)18-7-9(15)2/h6,8-10H,3-5,7H2,1-2H3. The van der Waals surface area contributed by atoms with Crippen LogP contribution in [0.5, 0.6) is 0 Å². The number of aryl methyl sites for hydroxylation is 1. The molecule has 19 heavy (non-hydrogen) atoms. The van der Waals surface area contributed by atoms with Crippen LogP contribution in [0.3, 0.4) is 0 Å². The molecule has 2 atom stereocenters. The van der Waals surface area contributed by atoms with Crippen LogP contribution in [0.1, 0.15) is 13.8 Å². The summed E-state index contributed by atoms with van der Waals surface area (Å²) < 4.78 is 33.7. The maximum Gasteiger partial charge on any atom is 0.262 e. The fraction of sp³-hybridized carbons (Fsp3) is 0.727. The normalized spacial score (nSPS) is 25.6. The average Bonchev–Trinajstić information content (AvgIpc) is 2.88. The Hall–Kier alpha value is -0.630. The summed E-state index contributed by atoms with van der Waals surface area (Å²) in [6, 6.07) is -0.212. The summed E-state index contributed by atoms with van der Waals surface area (Å²) in [5, 5.41) is 0.0800. The SMILES string of the molecule is CCn1cnc(S(=O)(=O)N2CC(CCl)OCC2C)c1. The molecule has 0 radical (unpaired) electrons. The first-order valence-corrected chi connectivity index (χ1v) is 8.17. The van der Waals surface area contributed by atoms with E-state index in [9.17, 15) is 8.42 Å². The molecule has 2 heterocycles. The lowest BCUT2D eigenvalue weighted by Gasteiger charge is -2.35. The van der Waals surface area contributed by atoms with Crippen LogP contribution in [0.2, 0.25) is 0 Å². The molecule has 1 aromatic heterocycles. The molecule has 108 valence electrons. The van der Waals surface area contributed by atoms with Gasteiger partial charge in [0.1, 0.15) is 0 Å². The number of aromatic nitrogens is 2. The first kappa shape index (κ1) is 14.8. The van der Waals surface area contributed by atoms with Gasteiger partial charge in [-0.25, -0.2) is 13.4 Å². The summed E-state index contributed by atoms with van der Waals surface area (Å²) >= 11 is 5.75. The Morgan fingerprint density at radius 2 is 2.32 bits per heavy atom. The Morgan fingerprint density at radius 3 is 2.89 bits per heavy atom. The molecular weight excluding hydrogens is 290 g/mol. The second-order valence-corrected chi connectivity index (χ2v) is 6.72. The second-order valence-electron chi connectivity index (χ2n) is 4.58. The molecule has 0 N–H and O–H groups in total. The third-order valence-electron chi connectivity index (χ3n) is 3.17. The number of sulfonamides is 1. The molecule has 8 heteroatoms. The molecule has 1 saturated heterocycles. The van der Waals surface area contributed by atoms with Gasteiger partial charge >= 0.3 is 0 Å². The van der Waals surface area contributed by atoms with Gasteiger partial charge in [0.05, 0.1) is 19.0 Å². The van der Waals surface area contributed by atoms with Crippen molar-refractivity contribution in [3.8, 4) is 0 Å². The van der Waals surface area contributed by atoms with Gasteiger partial charge in [-0.05, 0) is 13.8 Å². The Bertz CT molecular complexity index is 531. The van der Waals surface area contributed by atoms with Crippen molar-refractivity contribution in [2.24, 2.45) is 0 Å². The molecule has 6 nitrogen and oxygen atoms in total. The van der Waals surface area contributed by atoms with Gasteiger partial charge in [-0.1, -0.05) is 0 Å². The van der Waals surface area contributed by atoms with E-state index in [0.717, 1.165) is 0 Å². The van der Waals surface area contributed by atoms with Crippen LogP contribution in [0.25, 0.3) is 0 Å². The van der Waals surface area contributed by atoms with Crippen LogP contribution in [0.4, 0.5) is 0 Å².